The minimum Gasteiger partial charge on any atom is -0.306 e. The lowest BCUT2D eigenvalue weighted by Crippen LogP contribution is -2.34. The van der Waals surface area contributed by atoms with Gasteiger partial charge in [0.25, 0.3) is 0 Å². The number of nitrogens with one attached hydrogen (secondary N) is 1. The van der Waals surface area contributed by atoms with Crippen molar-refractivity contribution in [3.8, 4) is 6.07 Å². The highest BCUT2D eigenvalue weighted by Crippen LogP contribution is 2.29. The average molecular weight is 256 g/mol. The molecule has 3 unspecified atom stereocenters. The van der Waals surface area contributed by atoms with Crippen LogP contribution in [0.15, 0.2) is 12.1 Å². The summed E-state index contributed by atoms with van der Waals surface area (Å²) in [5.41, 5.74) is 5.42. The zero-order valence-electron chi connectivity index (χ0n) is 12.5. The van der Waals surface area contributed by atoms with E-state index in [-0.39, 0.29) is 5.92 Å². The van der Waals surface area contributed by atoms with E-state index in [1.165, 1.54) is 28.7 Å². The van der Waals surface area contributed by atoms with Gasteiger partial charge in [-0.3, -0.25) is 0 Å². The second kappa shape index (κ2) is 5.75. The fraction of sp³-hybridized carbons (Fsp3) is 0.588. The zero-order valence-corrected chi connectivity index (χ0v) is 12.5. The molecule has 2 heteroatoms. The number of rotatable bonds is 3. The number of benzene rings is 1. The van der Waals surface area contributed by atoms with E-state index < -0.39 is 0 Å². The molecule has 0 bridgehead atoms. The SMILES string of the molecule is Cc1cc(C)c(C(C)NC2CCCC2C#N)c(C)c1. The molecule has 19 heavy (non-hydrogen) atoms. The summed E-state index contributed by atoms with van der Waals surface area (Å²) in [6, 6.07) is 7.62. The van der Waals surface area contributed by atoms with Crippen LogP contribution in [0.25, 0.3) is 0 Å². The molecular weight excluding hydrogens is 232 g/mol. The highest BCUT2D eigenvalue weighted by atomic mass is 15.0. The van der Waals surface area contributed by atoms with Gasteiger partial charge < -0.3 is 5.32 Å². The summed E-state index contributed by atoms with van der Waals surface area (Å²) in [5.74, 6) is 0.188. The molecule has 1 aliphatic rings. The van der Waals surface area contributed by atoms with E-state index in [4.69, 9.17) is 0 Å². The summed E-state index contributed by atoms with van der Waals surface area (Å²) in [7, 11) is 0. The first-order valence-electron chi connectivity index (χ1n) is 7.26. The fourth-order valence-corrected chi connectivity index (χ4v) is 3.59. The first-order chi connectivity index (χ1) is 9.02. The van der Waals surface area contributed by atoms with Crippen LogP contribution in [0.5, 0.6) is 0 Å². The van der Waals surface area contributed by atoms with Gasteiger partial charge in [0, 0.05) is 12.1 Å². The van der Waals surface area contributed by atoms with Crippen molar-refractivity contribution in [2.75, 3.05) is 0 Å². The monoisotopic (exact) mass is 256 g/mol. The van der Waals surface area contributed by atoms with Crippen LogP contribution in [0.4, 0.5) is 0 Å². The van der Waals surface area contributed by atoms with Gasteiger partial charge in [-0.1, -0.05) is 24.1 Å². The zero-order chi connectivity index (χ0) is 14.0. The van der Waals surface area contributed by atoms with Crippen LogP contribution in [0, 0.1) is 38.0 Å². The Kier molecular flexibility index (Phi) is 4.27. The quantitative estimate of drug-likeness (QED) is 0.888. The molecule has 0 saturated heterocycles. The van der Waals surface area contributed by atoms with Crippen LogP contribution in [-0.4, -0.2) is 6.04 Å². The van der Waals surface area contributed by atoms with Crippen molar-refractivity contribution in [2.45, 2.75) is 59.0 Å². The van der Waals surface area contributed by atoms with E-state index in [1.807, 2.05) is 0 Å². The lowest BCUT2D eigenvalue weighted by Gasteiger charge is -2.25. The number of nitrogens with zero attached hydrogens (tertiary/aromatic N) is 1. The molecule has 1 aromatic rings. The molecule has 1 aromatic carbocycles. The Balaban J connectivity index is 2.17. The van der Waals surface area contributed by atoms with E-state index in [0.717, 1.165) is 12.8 Å². The number of hydrogen-bond donors (Lipinski definition) is 1. The minimum absolute atomic E-state index is 0.188. The summed E-state index contributed by atoms with van der Waals surface area (Å²) in [6.07, 6.45) is 3.35. The molecule has 0 heterocycles. The maximum Gasteiger partial charge on any atom is 0.0672 e. The van der Waals surface area contributed by atoms with Crippen LogP contribution in [0.1, 0.15) is 54.5 Å². The van der Waals surface area contributed by atoms with Gasteiger partial charge in [0.1, 0.15) is 0 Å². The van der Waals surface area contributed by atoms with E-state index in [9.17, 15) is 5.26 Å². The second-order valence-electron chi connectivity index (χ2n) is 5.97. The third kappa shape index (κ3) is 2.98. The molecule has 0 radical (unpaired) electrons. The van der Waals surface area contributed by atoms with Crippen molar-refractivity contribution in [1.29, 1.82) is 5.26 Å². The van der Waals surface area contributed by atoms with Crippen LogP contribution < -0.4 is 5.32 Å². The van der Waals surface area contributed by atoms with Crippen molar-refractivity contribution in [3.63, 3.8) is 0 Å². The minimum atomic E-state index is 0.188. The molecule has 1 fully saturated rings. The summed E-state index contributed by atoms with van der Waals surface area (Å²) >= 11 is 0. The highest BCUT2D eigenvalue weighted by Gasteiger charge is 2.28. The Bertz CT molecular complexity index is 475. The summed E-state index contributed by atoms with van der Waals surface area (Å²) in [4.78, 5) is 0. The smallest absolute Gasteiger partial charge is 0.0672 e. The number of hydrogen-bond acceptors (Lipinski definition) is 2. The van der Waals surface area contributed by atoms with Gasteiger partial charge in [-0.25, -0.2) is 0 Å². The molecule has 3 atom stereocenters. The molecule has 102 valence electrons. The van der Waals surface area contributed by atoms with E-state index in [0.29, 0.717) is 12.1 Å². The molecule has 1 N–H and O–H groups in total. The van der Waals surface area contributed by atoms with Gasteiger partial charge >= 0.3 is 0 Å². The lowest BCUT2D eigenvalue weighted by molar-refractivity contribution is 0.416. The van der Waals surface area contributed by atoms with Crippen LogP contribution in [-0.2, 0) is 0 Å². The maximum atomic E-state index is 9.18. The summed E-state index contributed by atoms with van der Waals surface area (Å²) in [6.45, 7) is 8.73. The maximum absolute atomic E-state index is 9.18. The van der Waals surface area contributed by atoms with E-state index in [2.05, 4.69) is 51.2 Å². The summed E-state index contributed by atoms with van der Waals surface area (Å²) < 4.78 is 0. The first-order valence-corrected chi connectivity index (χ1v) is 7.26. The van der Waals surface area contributed by atoms with Gasteiger partial charge in [0.2, 0.25) is 0 Å². The summed E-state index contributed by atoms with van der Waals surface area (Å²) in [5, 5.41) is 12.9. The Labute approximate surface area is 116 Å². The van der Waals surface area contributed by atoms with Crippen molar-refractivity contribution >= 4 is 0 Å². The standard InChI is InChI=1S/C17H24N2/c1-11-8-12(2)17(13(3)9-11)14(4)19-16-7-5-6-15(16)10-18/h8-9,14-16,19H,5-7H2,1-4H3. The van der Waals surface area contributed by atoms with Gasteiger partial charge in [0.05, 0.1) is 12.0 Å². The molecule has 1 aliphatic carbocycles. The van der Waals surface area contributed by atoms with Crippen LogP contribution >= 0.6 is 0 Å². The normalized spacial score (nSPS) is 24.2. The highest BCUT2D eigenvalue weighted by molar-refractivity contribution is 5.39. The van der Waals surface area contributed by atoms with Crippen molar-refractivity contribution in [3.05, 3.63) is 34.4 Å². The predicted molar refractivity (Wildman–Crippen MR) is 78.9 cm³/mol. The van der Waals surface area contributed by atoms with Gasteiger partial charge in [0.15, 0.2) is 0 Å². The topological polar surface area (TPSA) is 35.8 Å². The Hall–Kier alpha value is -1.33. The molecule has 2 rings (SSSR count). The van der Waals surface area contributed by atoms with Gasteiger partial charge in [-0.2, -0.15) is 5.26 Å². The largest absolute Gasteiger partial charge is 0.306 e. The number of nitriles is 1. The molecule has 1 saturated carbocycles. The van der Waals surface area contributed by atoms with Gasteiger partial charge in [-0.05, 0) is 57.2 Å². The van der Waals surface area contributed by atoms with Crippen molar-refractivity contribution in [2.24, 2.45) is 5.92 Å². The Morgan fingerprint density at radius 1 is 1.21 bits per heavy atom. The molecule has 0 amide bonds. The average Bonchev–Trinajstić information content (AvgIpc) is 2.74. The molecule has 0 aliphatic heterocycles. The fourth-order valence-electron chi connectivity index (χ4n) is 3.59. The van der Waals surface area contributed by atoms with E-state index >= 15 is 0 Å². The van der Waals surface area contributed by atoms with Gasteiger partial charge in [-0.15, -0.1) is 0 Å². The second-order valence-corrected chi connectivity index (χ2v) is 5.97. The third-order valence-electron chi connectivity index (χ3n) is 4.32. The van der Waals surface area contributed by atoms with Crippen LogP contribution in [0.3, 0.4) is 0 Å². The van der Waals surface area contributed by atoms with Crippen molar-refractivity contribution in [1.82, 2.24) is 5.32 Å². The van der Waals surface area contributed by atoms with E-state index in [1.54, 1.807) is 0 Å². The first kappa shape index (κ1) is 14.1. The third-order valence-corrected chi connectivity index (χ3v) is 4.32. The van der Waals surface area contributed by atoms with Crippen LogP contribution in [0.2, 0.25) is 0 Å². The Morgan fingerprint density at radius 2 is 1.84 bits per heavy atom. The van der Waals surface area contributed by atoms with Crippen molar-refractivity contribution < 1.29 is 0 Å². The predicted octanol–water partition coefficient (Wildman–Crippen LogP) is 3.95. The molecule has 2 nitrogen and oxygen atoms in total. The molecule has 0 spiro atoms. The Morgan fingerprint density at radius 3 is 2.42 bits per heavy atom. The molecular formula is C17H24N2. The number of aryl methyl sites for hydroxylation is 3. The lowest BCUT2D eigenvalue weighted by atomic mass is 9.93. The molecule has 0 aromatic heterocycles.